The zero-order valence-corrected chi connectivity index (χ0v) is 14.1. The quantitative estimate of drug-likeness (QED) is 0.795. The van der Waals surface area contributed by atoms with Gasteiger partial charge in [-0.3, -0.25) is 0 Å². The van der Waals surface area contributed by atoms with Crippen LogP contribution in [0.25, 0.3) is 0 Å². The summed E-state index contributed by atoms with van der Waals surface area (Å²) in [5.74, 6) is 0. The van der Waals surface area contributed by atoms with Crippen LogP contribution in [-0.2, 0) is 5.41 Å². The molecule has 0 fully saturated rings. The molecule has 0 heterocycles. The Morgan fingerprint density at radius 1 is 0.905 bits per heavy atom. The number of aliphatic hydroxyl groups is 1. The van der Waals surface area contributed by atoms with E-state index < -0.39 is 0 Å². The lowest BCUT2D eigenvalue weighted by Crippen LogP contribution is -2.10. The normalized spacial score (nSPS) is 13.2. The van der Waals surface area contributed by atoms with E-state index in [0.717, 1.165) is 12.0 Å². The molecule has 0 amide bonds. The fraction of sp³-hybridized carbons (Fsp3) is 0.368. The van der Waals surface area contributed by atoms with Crippen LogP contribution in [0.1, 0.15) is 51.3 Å². The van der Waals surface area contributed by atoms with Crippen LogP contribution < -0.4 is 0 Å². The van der Waals surface area contributed by atoms with Crippen molar-refractivity contribution in [3.63, 3.8) is 0 Å². The molecule has 112 valence electrons. The van der Waals surface area contributed by atoms with Crippen LogP contribution in [0.2, 0.25) is 0 Å². The zero-order chi connectivity index (χ0) is 15.5. The molecule has 2 heteroatoms. The molecule has 1 atom stereocenters. The molecule has 0 spiro atoms. The molecule has 0 bridgehead atoms. The third kappa shape index (κ3) is 4.36. The Hall–Kier alpha value is -1.25. The molecule has 21 heavy (non-hydrogen) atoms. The lowest BCUT2D eigenvalue weighted by atomic mass is 9.87. The molecule has 0 saturated carbocycles. The second-order valence-corrected chi connectivity index (χ2v) is 7.52. The van der Waals surface area contributed by atoms with E-state index in [1.807, 2.05) is 19.1 Å². The molecule has 1 nitrogen and oxygen atoms in total. The molecule has 0 aliphatic rings. The first-order valence-corrected chi connectivity index (χ1v) is 8.28. The van der Waals surface area contributed by atoms with Gasteiger partial charge < -0.3 is 5.11 Å². The largest absolute Gasteiger partial charge is 0.388 e. The van der Waals surface area contributed by atoms with Crippen LogP contribution in [0.15, 0.2) is 58.3 Å². The Balaban J connectivity index is 2.08. The van der Waals surface area contributed by atoms with Crippen LogP contribution in [0.3, 0.4) is 0 Å². The van der Waals surface area contributed by atoms with E-state index in [9.17, 15) is 5.11 Å². The molecule has 0 aliphatic carbocycles. The van der Waals surface area contributed by atoms with E-state index >= 15 is 0 Å². The highest BCUT2D eigenvalue weighted by atomic mass is 32.2. The van der Waals surface area contributed by atoms with E-state index in [2.05, 4.69) is 57.2 Å². The lowest BCUT2D eigenvalue weighted by molar-refractivity contribution is 0.173. The van der Waals surface area contributed by atoms with Crippen molar-refractivity contribution in [2.45, 2.75) is 55.4 Å². The van der Waals surface area contributed by atoms with Gasteiger partial charge in [-0.1, -0.05) is 63.7 Å². The Morgan fingerprint density at radius 2 is 1.38 bits per heavy atom. The second-order valence-electron chi connectivity index (χ2n) is 6.37. The Kier molecular flexibility index (Phi) is 5.13. The third-order valence-corrected chi connectivity index (χ3v) is 4.62. The van der Waals surface area contributed by atoms with Gasteiger partial charge in [0.1, 0.15) is 0 Å². The first-order valence-electron chi connectivity index (χ1n) is 7.46. The van der Waals surface area contributed by atoms with Gasteiger partial charge in [0.2, 0.25) is 0 Å². The van der Waals surface area contributed by atoms with Gasteiger partial charge >= 0.3 is 0 Å². The van der Waals surface area contributed by atoms with Crippen molar-refractivity contribution in [2.24, 2.45) is 0 Å². The van der Waals surface area contributed by atoms with Gasteiger partial charge in [-0.2, -0.15) is 0 Å². The summed E-state index contributed by atoms with van der Waals surface area (Å²) >= 11 is 1.75. The minimum Gasteiger partial charge on any atom is -0.388 e. The molecule has 1 N–H and O–H groups in total. The number of rotatable bonds is 4. The maximum absolute atomic E-state index is 9.81. The number of hydrogen-bond donors (Lipinski definition) is 1. The van der Waals surface area contributed by atoms with Gasteiger partial charge in [-0.15, -0.1) is 0 Å². The summed E-state index contributed by atoms with van der Waals surface area (Å²) in [6, 6.07) is 17.0. The average Bonchev–Trinajstić information content (AvgIpc) is 2.47. The van der Waals surface area contributed by atoms with Crippen molar-refractivity contribution in [1.82, 2.24) is 0 Å². The maximum atomic E-state index is 9.81. The van der Waals surface area contributed by atoms with Crippen molar-refractivity contribution in [3.8, 4) is 0 Å². The summed E-state index contributed by atoms with van der Waals surface area (Å²) in [7, 11) is 0. The Morgan fingerprint density at radius 3 is 1.81 bits per heavy atom. The van der Waals surface area contributed by atoms with Gasteiger partial charge in [0.15, 0.2) is 0 Å². The summed E-state index contributed by atoms with van der Waals surface area (Å²) in [5.41, 5.74) is 2.54. The predicted octanol–water partition coefficient (Wildman–Crippen LogP) is 5.58. The lowest BCUT2D eigenvalue weighted by Gasteiger charge is -2.19. The summed E-state index contributed by atoms with van der Waals surface area (Å²) in [4.78, 5) is 2.44. The van der Waals surface area contributed by atoms with Gasteiger partial charge in [0.05, 0.1) is 6.10 Å². The van der Waals surface area contributed by atoms with Crippen LogP contribution >= 0.6 is 11.8 Å². The van der Waals surface area contributed by atoms with Crippen LogP contribution in [-0.4, -0.2) is 5.11 Å². The summed E-state index contributed by atoms with van der Waals surface area (Å²) in [6.07, 6.45) is 0.399. The topological polar surface area (TPSA) is 20.2 Å². The van der Waals surface area contributed by atoms with Gasteiger partial charge in [-0.05, 0) is 47.2 Å². The van der Waals surface area contributed by atoms with Crippen molar-refractivity contribution < 1.29 is 5.11 Å². The Bertz CT molecular complexity index is 564. The van der Waals surface area contributed by atoms with Crippen LogP contribution in [0.5, 0.6) is 0 Å². The van der Waals surface area contributed by atoms with Gasteiger partial charge in [-0.25, -0.2) is 0 Å². The fourth-order valence-electron chi connectivity index (χ4n) is 2.15. The third-order valence-electron chi connectivity index (χ3n) is 3.61. The van der Waals surface area contributed by atoms with Gasteiger partial charge in [0.25, 0.3) is 0 Å². The monoisotopic (exact) mass is 300 g/mol. The standard InChI is InChI=1S/C19H24OS/c1-5-18(20)14-6-10-16(11-7-14)21-17-12-8-15(9-13-17)19(2,3)4/h6-13,18,20H,5H2,1-4H3/t18-/m1/s1. The van der Waals surface area contributed by atoms with Crippen molar-refractivity contribution in [1.29, 1.82) is 0 Å². The SMILES string of the molecule is CC[C@@H](O)c1ccc(Sc2ccc(C(C)(C)C)cc2)cc1. The molecular weight excluding hydrogens is 276 g/mol. The average molecular weight is 300 g/mol. The zero-order valence-electron chi connectivity index (χ0n) is 13.3. The van der Waals surface area contributed by atoms with Crippen molar-refractivity contribution >= 4 is 11.8 Å². The summed E-state index contributed by atoms with van der Waals surface area (Å²) < 4.78 is 0. The van der Waals surface area contributed by atoms with Crippen LogP contribution in [0.4, 0.5) is 0 Å². The minimum absolute atomic E-state index is 0.196. The van der Waals surface area contributed by atoms with Crippen molar-refractivity contribution in [3.05, 3.63) is 59.7 Å². The van der Waals surface area contributed by atoms with E-state index in [1.165, 1.54) is 15.4 Å². The van der Waals surface area contributed by atoms with Crippen molar-refractivity contribution in [2.75, 3.05) is 0 Å². The molecule has 0 unspecified atom stereocenters. The highest BCUT2D eigenvalue weighted by molar-refractivity contribution is 7.99. The highest BCUT2D eigenvalue weighted by Crippen LogP contribution is 2.31. The van der Waals surface area contributed by atoms with Crippen LogP contribution in [0, 0.1) is 0 Å². The molecular formula is C19H24OS. The van der Waals surface area contributed by atoms with E-state index in [-0.39, 0.29) is 11.5 Å². The van der Waals surface area contributed by atoms with E-state index in [1.54, 1.807) is 11.8 Å². The molecule has 0 saturated heterocycles. The second kappa shape index (κ2) is 6.67. The van der Waals surface area contributed by atoms with E-state index in [0.29, 0.717) is 0 Å². The molecule has 2 rings (SSSR count). The predicted molar refractivity (Wildman–Crippen MR) is 91.0 cm³/mol. The number of benzene rings is 2. The molecule has 0 aliphatic heterocycles. The van der Waals surface area contributed by atoms with E-state index in [4.69, 9.17) is 0 Å². The molecule has 2 aromatic carbocycles. The number of aliphatic hydroxyl groups excluding tert-OH is 1. The summed E-state index contributed by atoms with van der Waals surface area (Å²) in [5, 5.41) is 9.81. The van der Waals surface area contributed by atoms with Gasteiger partial charge in [0, 0.05) is 9.79 Å². The number of hydrogen-bond acceptors (Lipinski definition) is 2. The smallest absolute Gasteiger partial charge is 0.0787 e. The molecule has 2 aromatic rings. The Labute approximate surface area is 132 Å². The minimum atomic E-state index is -0.352. The molecule has 0 radical (unpaired) electrons. The first-order chi connectivity index (χ1) is 9.90. The fourth-order valence-corrected chi connectivity index (χ4v) is 2.97. The first kappa shape index (κ1) is 16.1. The molecule has 0 aromatic heterocycles. The maximum Gasteiger partial charge on any atom is 0.0787 e. The highest BCUT2D eigenvalue weighted by Gasteiger charge is 2.13. The summed E-state index contributed by atoms with van der Waals surface area (Å²) in [6.45, 7) is 8.68.